The minimum atomic E-state index is -0.756. The smallest absolute Gasteiger partial charge is 0.317 e. The van der Waals surface area contributed by atoms with Crippen molar-refractivity contribution in [2.45, 2.75) is 44.7 Å². The van der Waals surface area contributed by atoms with Crippen LogP contribution < -0.4 is 5.32 Å². The molecule has 0 aromatic heterocycles. The number of carboxylic acid groups (broad SMARTS) is 1. The second-order valence-corrected chi connectivity index (χ2v) is 7.45. The van der Waals surface area contributed by atoms with E-state index in [1.807, 2.05) is 6.07 Å². The van der Waals surface area contributed by atoms with Gasteiger partial charge in [-0.15, -0.1) is 0 Å². The van der Waals surface area contributed by atoms with E-state index < -0.39 is 5.97 Å². The van der Waals surface area contributed by atoms with Crippen LogP contribution in [0.3, 0.4) is 0 Å². The van der Waals surface area contributed by atoms with Crippen LogP contribution >= 0.6 is 15.9 Å². The van der Waals surface area contributed by atoms with Gasteiger partial charge in [0.1, 0.15) is 5.82 Å². The van der Waals surface area contributed by atoms with Crippen LogP contribution in [0.1, 0.15) is 36.8 Å². The van der Waals surface area contributed by atoms with Crippen molar-refractivity contribution in [1.82, 2.24) is 10.2 Å². The van der Waals surface area contributed by atoms with Gasteiger partial charge in [-0.05, 0) is 49.8 Å². The summed E-state index contributed by atoms with van der Waals surface area (Å²) in [5, 5.41) is 12.0. The number of urea groups is 1. The molecule has 1 heterocycles. The maximum Gasteiger partial charge on any atom is 0.317 e. The molecule has 0 saturated heterocycles. The normalized spacial score (nSPS) is 23.5. The van der Waals surface area contributed by atoms with Crippen LogP contribution in [0.25, 0.3) is 0 Å². The van der Waals surface area contributed by atoms with E-state index in [0.717, 1.165) is 5.56 Å². The molecule has 1 saturated carbocycles. The van der Waals surface area contributed by atoms with Crippen molar-refractivity contribution in [3.8, 4) is 0 Å². The van der Waals surface area contributed by atoms with Gasteiger partial charge in [-0.1, -0.05) is 15.9 Å². The second-order valence-electron chi connectivity index (χ2n) is 6.53. The van der Waals surface area contributed by atoms with Crippen molar-refractivity contribution >= 4 is 27.9 Å². The van der Waals surface area contributed by atoms with Crippen molar-refractivity contribution in [2.75, 3.05) is 6.54 Å². The van der Waals surface area contributed by atoms with E-state index >= 15 is 0 Å². The Morgan fingerprint density at radius 3 is 2.62 bits per heavy atom. The third-order valence-corrected chi connectivity index (χ3v) is 5.40. The Balaban J connectivity index is 1.58. The maximum absolute atomic E-state index is 14.1. The van der Waals surface area contributed by atoms with Crippen LogP contribution in [0.5, 0.6) is 0 Å². The first-order valence-electron chi connectivity index (χ1n) is 8.19. The average molecular weight is 399 g/mol. The Bertz CT molecular complexity index is 659. The Labute approximate surface area is 148 Å². The molecule has 130 valence electrons. The molecule has 2 amide bonds. The van der Waals surface area contributed by atoms with E-state index in [2.05, 4.69) is 21.2 Å². The van der Waals surface area contributed by atoms with Gasteiger partial charge >= 0.3 is 12.0 Å². The predicted molar refractivity (Wildman–Crippen MR) is 90.1 cm³/mol. The average Bonchev–Trinajstić information content (AvgIpc) is 2.55. The zero-order valence-corrected chi connectivity index (χ0v) is 14.8. The predicted octanol–water partition coefficient (Wildman–Crippen LogP) is 3.30. The largest absolute Gasteiger partial charge is 0.481 e. The second kappa shape index (κ2) is 7.09. The van der Waals surface area contributed by atoms with Gasteiger partial charge in [0.25, 0.3) is 0 Å². The number of aliphatic carboxylic acids is 1. The lowest BCUT2D eigenvalue weighted by Gasteiger charge is -2.33. The first-order valence-corrected chi connectivity index (χ1v) is 8.98. The number of hydrogen-bond acceptors (Lipinski definition) is 2. The highest BCUT2D eigenvalue weighted by Crippen LogP contribution is 2.27. The summed E-state index contributed by atoms with van der Waals surface area (Å²) in [5.74, 6) is -1.35. The third-order valence-electron chi connectivity index (χ3n) is 4.94. The summed E-state index contributed by atoms with van der Waals surface area (Å²) >= 11 is 3.29. The number of fused-ring (bicyclic) bond motifs is 1. The molecule has 5 nitrogen and oxygen atoms in total. The Hall–Kier alpha value is -1.63. The van der Waals surface area contributed by atoms with Crippen LogP contribution in [-0.2, 0) is 17.8 Å². The molecule has 1 fully saturated rings. The summed E-state index contributed by atoms with van der Waals surface area (Å²) in [7, 11) is 0. The summed E-state index contributed by atoms with van der Waals surface area (Å²) in [6, 6.07) is 3.14. The van der Waals surface area contributed by atoms with Gasteiger partial charge in [-0.2, -0.15) is 0 Å². The number of carbonyl (C=O) groups excluding carboxylic acids is 1. The summed E-state index contributed by atoms with van der Waals surface area (Å²) in [6.45, 7) is 0.823. The zero-order chi connectivity index (χ0) is 17.3. The molecule has 24 heavy (non-hydrogen) atoms. The molecule has 2 N–H and O–H groups in total. The van der Waals surface area contributed by atoms with Gasteiger partial charge < -0.3 is 15.3 Å². The van der Waals surface area contributed by atoms with E-state index in [9.17, 15) is 14.0 Å². The van der Waals surface area contributed by atoms with Crippen LogP contribution in [0, 0.1) is 11.7 Å². The van der Waals surface area contributed by atoms with Crippen LogP contribution in [0.15, 0.2) is 16.6 Å². The Morgan fingerprint density at radius 1 is 1.25 bits per heavy atom. The summed E-state index contributed by atoms with van der Waals surface area (Å²) in [5.41, 5.74) is 1.52. The van der Waals surface area contributed by atoms with Gasteiger partial charge in [0.2, 0.25) is 0 Å². The fourth-order valence-corrected chi connectivity index (χ4v) is 3.98. The highest BCUT2D eigenvalue weighted by atomic mass is 79.9. The number of halogens is 2. The SMILES string of the molecule is O=C(O)C1CCC(NC(=O)N2CCc3cc(Br)cc(F)c3C2)CC1. The monoisotopic (exact) mass is 398 g/mol. The number of benzene rings is 1. The number of carbonyl (C=O) groups is 2. The molecule has 0 bridgehead atoms. The van der Waals surface area contributed by atoms with Crippen LogP contribution in [0.4, 0.5) is 9.18 Å². The zero-order valence-electron chi connectivity index (χ0n) is 13.2. The van der Waals surface area contributed by atoms with Crippen molar-refractivity contribution in [3.63, 3.8) is 0 Å². The molecular weight excluding hydrogens is 379 g/mol. The van der Waals surface area contributed by atoms with Gasteiger partial charge in [0.15, 0.2) is 0 Å². The lowest BCUT2D eigenvalue weighted by Crippen LogP contribution is -2.48. The molecule has 1 aromatic carbocycles. The molecule has 1 aromatic rings. The van der Waals surface area contributed by atoms with Gasteiger partial charge in [0, 0.05) is 22.6 Å². The van der Waals surface area contributed by atoms with Crippen molar-refractivity contribution in [1.29, 1.82) is 0 Å². The molecule has 1 aliphatic heterocycles. The molecular formula is C17H20BrFN2O3. The number of amides is 2. The molecule has 2 aliphatic rings. The van der Waals surface area contributed by atoms with E-state index in [4.69, 9.17) is 5.11 Å². The third kappa shape index (κ3) is 3.71. The quantitative estimate of drug-likeness (QED) is 0.802. The lowest BCUT2D eigenvalue weighted by molar-refractivity contribution is -0.142. The number of rotatable bonds is 2. The fourth-order valence-electron chi connectivity index (χ4n) is 3.51. The number of hydrogen-bond donors (Lipinski definition) is 2. The van der Waals surface area contributed by atoms with E-state index in [1.165, 1.54) is 6.07 Å². The van der Waals surface area contributed by atoms with Gasteiger partial charge in [-0.3, -0.25) is 4.79 Å². The molecule has 0 spiro atoms. The van der Waals surface area contributed by atoms with Crippen molar-refractivity contribution in [3.05, 3.63) is 33.5 Å². The number of nitrogens with one attached hydrogen (secondary N) is 1. The first-order chi connectivity index (χ1) is 11.4. The highest BCUT2D eigenvalue weighted by molar-refractivity contribution is 9.10. The molecule has 3 rings (SSSR count). The van der Waals surface area contributed by atoms with Crippen molar-refractivity contribution in [2.24, 2.45) is 5.92 Å². The van der Waals surface area contributed by atoms with Crippen LogP contribution in [0.2, 0.25) is 0 Å². The molecule has 0 unspecified atom stereocenters. The standard InChI is InChI=1S/C17H20BrFN2O3/c18-12-7-11-5-6-21(9-14(11)15(19)8-12)17(24)20-13-3-1-10(2-4-13)16(22)23/h7-8,10,13H,1-6,9H2,(H,20,24)(H,22,23). The van der Waals surface area contributed by atoms with Gasteiger partial charge in [-0.25, -0.2) is 9.18 Å². The minimum Gasteiger partial charge on any atom is -0.481 e. The van der Waals surface area contributed by atoms with Crippen LogP contribution in [-0.4, -0.2) is 34.6 Å². The minimum absolute atomic E-state index is 0.00395. The molecule has 7 heteroatoms. The van der Waals surface area contributed by atoms with Gasteiger partial charge in [0.05, 0.1) is 12.5 Å². The Morgan fingerprint density at radius 2 is 1.96 bits per heavy atom. The molecule has 0 radical (unpaired) electrons. The molecule has 1 aliphatic carbocycles. The topological polar surface area (TPSA) is 69.6 Å². The highest BCUT2D eigenvalue weighted by Gasteiger charge is 2.29. The maximum atomic E-state index is 14.1. The molecule has 0 atom stereocenters. The lowest BCUT2D eigenvalue weighted by atomic mass is 9.86. The number of nitrogens with zero attached hydrogens (tertiary/aromatic N) is 1. The fraction of sp³-hybridized carbons (Fsp3) is 0.529. The Kier molecular flexibility index (Phi) is 5.08. The van der Waals surface area contributed by atoms with Crippen molar-refractivity contribution < 1.29 is 19.1 Å². The van der Waals surface area contributed by atoms with E-state index in [1.54, 1.807) is 4.90 Å². The summed E-state index contributed by atoms with van der Waals surface area (Å²) in [4.78, 5) is 25.0. The first kappa shape index (κ1) is 17.2. The van der Waals surface area contributed by atoms with E-state index in [-0.39, 0.29) is 30.4 Å². The number of carboxylic acids is 1. The summed E-state index contributed by atoms with van der Waals surface area (Å²) in [6.07, 6.45) is 3.16. The van der Waals surface area contributed by atoms with E-state index in [0.29, 0.717) is 48.7 Å². The summed E-state index contributed by atoms with van der Waals surface area (Å²) < 4.78 is 14.8.